The molecular weight excluding hydrogens is 276 g/mol. The highest BCUT2D eigenvalue weighted by atomic mass is 35.5. The van der Waals surface area contributed by atoms with Crippen LogP contribution in [0, 0.1) is 0 Å². The SMILES string of the molecule is CN1CCC(NC(=O)C2(c3ccc(Cl)cc3)CC2)C1=O. The molecule has 1 unspecified atom stereocenters. The fourth-order valence-electron chi connectivity index (χ4n) is 2.79. The van der Waals surface area contributed by atoms with Gasteiger partial charge in [0.1, 0.15) is 6.04 Å². The second kappa shape index (κ2) is 4.77. The van der Waals surface area contributed by atoms with Gasteiger partial charge in [-0.1, -0.05) is 23.7 Å². The molecule has 3 rings (SSSR count). The first-order valence-electron chi connectivity index (χ1n) is 6.85. The number of halogens is 1. The molecule has 0 spiro atoms. The molecule has 20 heavy (non-hydrogen) atoms. The highest BCUT2D eigenvalue weighted by Crippen LogP contribution is 2.48. The summed E-state index contributed by atoms with van der Waals surface area (Å²) in [6, 6.07) is 7.05. The Hall–Kier alpha value is -1.55. The standard InChI is InChI=1S/C15H17ClN2O2/c1-18-9-6-12(13(18)19)17-14(20)15(7-8-15)10-2-4-11(16)5-3-10/h2-5,12H,6-9H2,1H3,(H,17,20). The molecule has 0 aromatic heterocycles. The normalized spacial score (nSPS) is 23.8. The van der Waals surface area contributed by atoms with Crippen molar-refractivity contribution in [1.82, 2.24) is 10.2 Å². The highest BCUT2D eigenvalue weighted by Gasteiger charge is 2.52. The van der Waals surface area contributed by atoms with Gasteiger partial charge in [0.05, 0.1) is 5.41 Å². The molecule has 2 fully saturated rings. The molecule has 5 heteroatoms. The first-order chi connectivity index (χ1) is 9.53. The number of rotatable bonds is 3. The van der Waals surface area contributed by atoms with Crippen LogP contribution in [0.2, 0.25) is 5.02 Å². The van der Waals surface area contributed by atoms with Crippen molar-refractivity contribution in [2.75, 3.05) is 13.6 Å². The molecule has 1 atom stereocenters. The number of likely N-dealkylation sites (tertiary alicyclic amines) is 1. The molecule has 1 aliphatic carbocycles. The molecule has 1 N–H and O–H groups in total. The lowest BCUT2D eigenvalue weighted by molar-refractivity contribution is -0.132. The molecular formula is C15H17ClN2O2. The van der Waals surface area contributed by atoms with Gasteiger partial charge in [0, 0.05) is 18.6 Å². The Kier molecular flexibility index (Phi) is 3.21. The molecule has 1 aromatic carbocycles. The van der Waals surface area contributed by atoms with Crippen LogP contribution in [-0.2, 0) is 15.0 Å². The Labute approximate surface area is 123 Å². The zero-order valence-corrected chi connectivity index (χ0v) is 12.1. The minimum absolute atomic E-state index is 0.00487. The fraction of sp³-hybridized carbons (Fsp3) is 0.467. The van der Waals surface area contributed by atoms with Crippen molar-refractivity contribution in [3.05, 3.63) is 34.9 Å². The van der Waals surface area contributed by atoms with Crippen molar-refractivity contribution in [3.8, 4) is 0 Å². The number of carbonyl (C=O) groups is 2. The highest BCUT2D eigenvalue weighted by molar-refractivity contribution is 6.30. The minimum atomic E-state index is -0.452. The first kappa shape index (κ1) is 13.4. The number of benzene rings is 1. The Bertz CT molecular complexity index is 551. The molecule has 1 saturated heterocycles. The van der Waals surface area contributed by atoms with Crippen LogP contribution in [0.3, 0.4) is 0 Å². The quantitative estimate of drug-likeness (QED) is 0.922. The molecule has 106 valence electrons. The van der Waals surface area contributed by atoms with E-state index in [1.807, 2.05) is 12.1 Å². The summed E-state index contributed by atoms with van der Waals surface area (Å²) in [5.74, 6) is -0.0290. The van der Waals surface area contributed by atoms with Gasteiger partial charge in [-0.25, -0.2) is 0 Å². The molecule has 2 amide bonds. The number of likely N-dealkylation sites (N-methyl/N-ethyl adjacent to an activating group) is 1. The summed E-state index contributed by atoms with van der Waals surface area (Å²) in [6.45, 7) is 0.706. The Morgan fingerprint density at radius 1 is 1.35 bits per heavy atom. The summed E-state index contributed by atoms with van der Waals surface area (Å²) in [6.07, 6.45) is 2.35. The first-order valence-corrected chi connectivity index (χ1v) is 7.23. The van der Waals surface area contributed by atoms with Crippen LogP contribution in [0.25, 0.3) is 0 Å². The van der Waals surface area contributed by atoms with Gasteiger partial charge in [-0.15, -0.1) is 0 Å². The second-order valence-corrected chi connectivity index (χ2v) is 6.10. The van der Waals surface area contributed by atoms with Crippen LogP contribution in [0.4, 0.5) is 0 Å². The minimum Gasteiger partial charge on any atom is -0.344 e. The van der Waals surface area contributed by atoms with Gasteiger partial charge in [-0.05, 0) is 37.0 Å². The van der Waals surface area contributed by atoms with Gasteiger partial charge in [-0.3, -0.25) is 9.59 Å². The predicted octanol–water partition coefficient (Wildman–Crippen LogP) is 1.72. The van der Waals surface area contributed by atoms with Crippen molar-refractivity contribution < 1.29 is 9.59 Å². The summed E-state index contributed by atoms with van der Waals surface area (Å²) in [4.78, 5) is 26.0. The Morgan fingerprint density at radius 2 is 2.00 bits per heavy atom. The number of nitrogens with zero attached hydrogens (tertiary/aromatic N) is 1. The van der Waals surface area contributed by atoms with Crippen LogP contribution < -0.4 is 5.32 Å². The summed E-state index contributed by atoms with van der Waals surface area (Å²) < 4.78 is 0. The Morgan fingerprint density at radius 3 is 2.50 bits per heavy atom. The molecule has 2 aliphatic rings. The average molecular weight is 293 g/mol. The van der Waals surface area contributed by atoms with E-state index in [1.165, 1.54) is 0 Å². The second-order valence-electron chi connectivity index (χ2n) is 5.66. The van der Waals surface area contributed by atoms with Crippen molar-refractivity contribution in [3.63, 3.8) is 0 Å². The topological polar surface area (TPSA) is 49.4 Å². The van der Waals surface area contributed by atoms with E-state index in [0.717, 1.165) is 18.4 Å². The molecule has 4 nitrogen and oxygen atoms in total. The lowest BCUT2D eigenvalue weighted by Crippen LogP contribution is -2.45. The van der Waals surface area contributed by atoms with Gasteiger partial charge in [0.15, 0.2) is 0 Å². The van der Waals surface area contributed by atoms with Crippen molar-refractivity contribution >= 4 is 23.4 Å². The molecule has 1 aliphatic heterocycles. The van der Waals surface area contributed by atoms with Crippen LogP contribution in [0.5, 0.6) is 0 Å². The summed E-state index contributed by atoms with van der Waals surface area (Å²) in [5, 5.41) is 3.58. The van der Waals surface area contributed by atoms with E-state index in [0.29, 0.717) is 18.0 Å². The average Bonchev–Trinajstić information content (AvgIpc) is 3.19. The van der Waals surface area contributed by atoms with E-state index in [-0.39, 0.29) is 17.9 Å². The summed E-state index contributed by atoms with van der Waals surface area (Å²) >= 11 is 5.88. The van der Waals surface area contributed by atoms with Crippen molar-refractivity contribution in [1.29, 1.82) is 0 Å². The van der Waals surface area contributed by atoms with Gasteiger partial charge in [0.2, 0.25) is 11.8 Å². The number of nitrogens with one attached hydrogen (secondary N) is 1. The maximum atomic E-state index is 12.5. The number of carbonyl (C=O) groups excluding carboxylic acids is 2. The van der Waals surface area contributed by atoms with Crippen LogP contribution in [0.1, 0.15) is 24.8 Å². The van der Waals surface area contributed by atoms with Crippen LogP contribution in [0.15, 0.2) is 24.3 Å². The number of hydrogen-bond donors (Lipinski definition) is 1. The molecule has 1 saturated carbocycles. The summed E-state index contributed by atoms with van der Waals surface area (Å²) in [7, 11) is 1.76. The van der Waals surface area contributed by atoms with Crippen LogP contribution in [-0.4, -0.2) is 36.3 Å². The monoisotopic (exact) mass is 292 g/mol. The van der Waals surface area contributed by atoms with E-state index in [2.05, 4.69) is 5.32 Å². The van der Waals surface area contributed by atoms with Gasteiger partial charge in [0.25, 0.3) is 0 Å². The van der Waals surface area contributed by atoms with E-state index in [4.69, 9.17) is 11.6 Å². The number of amides is 2. The predicted molar refractivity (Wildman–Crippen MR) is 76.5 cm³/mol. The van der Waals surface area contributed by atoms with E-state index >= 15 is 0 Å². The zero-order valence-electron chi connectivity index (χ0n) is 11.4. The molecule has 1 heterocycles. The Balaban J connectivity index is 1.74. The smallest absolute Gasteiger partial charge is 0.244 e. The van der Waals surface area contributed by atoms with Gasteiger partial charge >= 0.3 is 0 Å². The van der Waals surface area contributed by atoms with Crippen molar-refractivity contribution in [2.24, 2.45) is 0 Å². The van der Waals surface area contributed by atoms with E-state index < -0.39 is 5.41 Å². The third kappa shape index (κ3) is 2.18. The fourth-order valence-corrected chi connectivity index (χ4v) is 2.92. The van der Waals surface area contributed by atoms with E-state index in [1.54, 1.807) is 24.1 Å². The zero-order chi connectivity index (χ0) is 14.3. The van der Waals surface area contributed by atoms with Gasteiger partial charge < -0.3 is 10.2 Å². The number of hydrogen-bond acceptors (Lipinski definition) is 2. The lowest BCUT2D eigenvalue weighted by atomic mass is 9.94. The molecule has 0 bridgehead atoms. The molecule has 1 aromatic rings. The lowest BCUT2D eigenvalue weighted by Gasteiger charge is -2.19. The van der Waals surface area contributed by atoms with Crippen LogP contribution >= 0.6 is 11.6 Å². The third-order valence-corrected chi connectivity index (χ3v) is 4.57. The van der Waals surface area contributed by atoms with Gasteiger partial charge in [-0.2, -0.15) is 0 Å². The summed E-state index contributed by atoms with van der Waals surface area (Å²) in [5.41, 5.74) is 0.532. The molecule has 0 radical (unpaired) electrons. The third-order valence-electron chi connectivity index (χ3n) is 4.31. The van der Waals surface area contributed by atoms with E-state index in [9.17, 15) is 9.59 Å². The van der Waals surface area contributed by atoms with Crippen molar-refractivity contribution in [2.45, 2.75) is 30.7 Å². The maximum absolute atomic E-state index is 12.5. The maximum Gasteiger partial charge on any atom is 0.244 e. The largest absolute Gasteiger partial charge is 0.344 e.